The zero-order valence-corrected chi connectivity index (χ0v) is 18.8. The zero-order chi connectivity index (χ0) is 25.6. The number of esters is 1. The second kappa shape index (κ2) is 10.8. The summed E-state index contributed by atoms with van der Waals surface area (Å²) in [6.45, 7) is 1.83. The van der Waals surface area contributed by atoms with Crippen LogP contribution >= 0.6 is 11.6 Å². The van der Waals surface area contributed by atoms with Gasteiger partial charge in [0.15, 0.2) is 0 Å². The summed E-state index contributed by atoms with van der Waals surface area (Å²) in [5.74, 6) is -3.00. The minimum atomic E-state index is -4.66. The van der Waals surface area contributed by atoms with Crippen LogP contribution in [-0.2, 0) is 15.8 Å². The lowest BCUT2D eigenvalue weighted by molar-refractivity contribution is -0.137. The first-order chi connectivity index (χ1) is 16.5. The maximum Gasteiger partial charge on any atom is 0.416 e. The lowest BCUT2D eigenvalue weighted by Gasteiger charge is -2.11. The van der Waals surface area contributed by atoms with Crippen LogP contribution in [0, 0.1) is 6.92 Å². The Hall–Kier alpha value is -4.18. The van der Waals surface area contributed by atoms with Crippen LogP contribution in [0.25, 0.3) is 0 Å². The van der Waals surface area contributed by atoms with Crippen molar-refractivity contribution >= 4 is 41.3 Å². The van der Waals surface area contributed by atoms with Gasteiger partial charge in [0.25, 0.3) is 0 Å². The van der Waals surface area contributed by atoms with E-state index < -0.39 is 29.5 Å². The Morgan fingerprint density at radius 3 is 2.43 bits per heavy atom. The van der Waals surface area contributed by atoms with Crippen molar-refractivity contribution in [3.63, 3.8) is 0 Å². The van der Waals surface area contributed by atoms with Gasteiger partial charge in [-0.3, -0.25) is 9.59 Å². The summed E-state index contributed by atoms with van der Waals surface area (Å²) >= 11 is 5.81. The Kier molecular flexibility index (Phi) is 7.87. The molecule has 0 atom stereocenters. The smallest absolute Gasteiger partial charge is 0.416 e. The summed E-state index contributed by atoms with van der Waals surface area (Å²) in [5, 5.41) is 5.47. The first-order valence-electron chi connectivity index (χ1n) is 9.93. The molecule has 0 bridgehead atoms. The number of carbonyl (C=O) groups is 3. The number of carbonyl (C=O) groups excluding carboxylic acids is 3. The van der Waals surface area contributed by atoms with Gasteiger partial charge in [-0.05, 0) is 49.4 Å². The molecule has 3 aromatic rings. The molecule has 0 fully saturated rings. The molecule has 0 spiro atoms. The van der Waals surface area contributed by atoms with Gasteiger partial charge in [0.2, 0.25) is 0 Å². The van der Waals surface area contributed by atoms with E-state index in [0.717, 1.165) is 23.9 Å². The van der Waals surface area contributed by atoms with Crippen molar-refractivity contribution in [2.75, 3.05) is 5.32 Å². The van der Waals surface area contributed by atoms with Crippen LogP contribution in [-0.4, -0.2) is 24.0 Å². The number of hydrogen-bond acceptors (Lipinski definition) is 5. The van der Waals surface area contributed by atoms with E-state index in [9.17, 15) is 27.6 Å². The number of ether oxygens (including phenoxy) is 1. The van der Waals surface area contributed by atoms with Crippen molar-refractivity contribution in [2.45, 2.75) is 13.1 Å². The number of alkyl halides is 3. The van der Waals surface area contributed by atoms with Crippen molar-refractivity contribution in [1.29, 1.82) is 0 Å². The molecule has 0 unspecified atom stereocenters. The first-order valence-corrected chi connectivity index (χ1v) is 10.3. The molecule has 0 saturated carbocycles. The van der Waals surface area contributed by atoms with E-state index in [-0.39, 0.29) is 16.5 Å². The van der Waals surface area contributed by atoms with E-state index in [0.29, 0.717) is 17.2 Å². The van der Waals surface area contributed by atoms with Gasteiger partial charge in [-0.1, -0.05) is 41.4 Å². The third-order valence-electron chi connectivity index (χ3n) is 4.49. The minimum absolute atomic E-state index is 0.150. The van der Waals surface area contributed by atoms with E-state index in [1.54, 1.807) is 36.4 Å². The van der Waals surface area contributed by atoms with E-state index in [2.05, 4.69) is 5.10 Å². The molecule has 0 aliphatic carbocycles. The predicted octanol–water partition coefficient (Wildman–Crippen LogP) is 4.98. The third kappa shape index (κ3) is 6.90. The minimum Gasteiger partial charge on any atom is -0.422 e. The molecule has 180 valence electrons. The summed E-state index contributed by atoms with van der Waals surface area (Å²) < 4.78 is 44.0. The fourth-order valence-corrected chi connectivity index (χ4v) is 2.96. The Bertz CT molecular complexity index is 1310. The number of anilines is 1. The highest BCUT2D eigenvalue weighted by Gasteiger charge is 2.31. The number of nitrogens with one attached hydrogen (secondary N) is 2. The second-order valence-corrected chi connectivity index (χ2v) is 7.55. The summed E-state index contributed by atoms with van der Waals surface area (Å²) in [6.07, 6.45) is -3.52. The van der Waals surface area contributed by atoms with Crippen LogP contribution in [0.2, 0.25) is 5.02 Å². The van der Waals surface area contributed by atoms with E-state index >= 15 is 0 Å². The van der Waals surface area contributed by atoms with Gasteiger partial charge in [0, 0.05) is 5.56 Å². The predicted molar refractivity (Wildman–Crippen MR) is 123 cm³/mol. The molecule has 2 amide bonds. The highest BCUT2D eigenvalue weighted by molar-refractivity contribution is 6.41. The monoisotopic (exact) mass is 503 g/mol. The van der Waals surface area contributed by atoms with Crippen LogP contribution in [0.5, 0.6) is 5.75 Å². The van der Waals surface area contributed by atoms with Crippen LogP contribution in [0.1, 0.15) is 27.0 Å². The number of hydrogen-bond donors (Lipinski definition) is 2. The maximum absolute atomic E-state index is 12.9. The van der Waals surface area contributed by atoms with Gasteiger partial charge in [-0.15, -0.1) is 0 Å². The van der Waals surface area contributed by atoms with Crippen molar-refractivity contribution < 1.29 is 32.3 Å². The normalized spacial score (nSPS) is 11.2. The fraction of sp³-hybridized carbons (Fsp3) is 0.0833. The van der Waals surface area contributed by atoms with Crippen molar-refractivity contribution in [3.05, 3.63) is 94.0 Å². The SMILES string of the molecule is Cc1cccc(C(=O)Oc2ccccc2/C=N/NC(=O)C(=O)Nc2cc(C(F)(F)F)ccc2Cl)c1. The standard InChI is InChI=1S/C24H17ClF3N3O4/c1-14-5-4-7-15(11-14)23(34)35-20-8-3-2-6-16(20)13-29-31-22(33)21(32)30-19-12-17(24(26,27)28)9-10-18(19)25/h2-13H,1H3,(H,30,32)(H,31,33)/b29-13+. The number of para-hydroxylation sites is 1. The Labute approximate surface area is 202 Å². The van der Waals surface area contributed by atoms with Gasteiger partial charge < -0.3 is 10.1 Å². The topological polar surface area (TPSA) is 96.9 Å². The number of hydrazone groups is 1. The van der Waals surface area contributed by atoms with Gasteiger partial charge >= 0.3 is 24.0 Å². The number of nitrogens with zero attached hydrogens (tertiary/aromatic N) is 1. The van der Waals surface area contributed by atoms with E-state index in [1.165, 1.54) is 6.07 Å². The summed E-state index contributed by atoms with van der Waals surface area (Å²) in [7, 11) is 0. The molecule has 2 N–H and O–H groups in total. The highest BCUT2D eigenvalue weighted by atomic mass is 35.5. The molecule has 11 heteroatoms. The molecular formula is C24H17ClF3N3O4. The lowest BCUT2D eigenvalue weighted by atomic mass is 10.1. The molecule has 0 aliphatic heterocycles. The van der Waals surface area contributed by atoms with Crippen molar-refractivity contribution in [1.82, 2.24) is 5.43 Å². The summed E-state index contributed by atoms with van der Waals surface area (Å²) in [5.41, 5.74) is 2.04. The molecule has 0 heterocycles. The quantitative estimate of drug-likeness (QED) is 0.169. The fourth-order valence-electron chi connectivity index (χ4n) is 2.80. The number of aryl methyl sites for hydroxylation is 1. The number of rotatable bonds is 5. The zero-order valence-electron chi connectivity index (χ0n) is 18.0. The Balaban J connectivity index is 1.65. The average molecular weight is 504 g/mol. The number of benzene rings is 3. The molecule has 0 saturated heterocycles. The van der Waals surface area contributed by atoms with Crippen molar-refractivity contribution in [2.24, 2.45) is 5.10 Å². The molecular weight excluding hydrogens is 487 g/mol. The Morgan fingerprint density at radius 1 is 0.971 bits per heavy atom. The van der Waals surface area contributed by atoms with Crippen molar-refractivity contribution in [3.8, 4) is 5.75 Å². The number of halogens is 4. The lowest BCUT2D eigenvalue weighted by Crippen LogP contribution is -2.32. The van der Waals surface area contributed by atoms with Gasteiger partial charge in [-0.25, -0.2) is 10.2 Å². The molecule has 3 rings (SSSR count). The van der Waals surface area contributed by atoms with Crippen LogP contribution in [0.15, 0.2) is 71.8 Å². The maximum atomic E-state index is 12.9. The molecule has 0 aromatic heterocycles. The summed E-state index contributed by atoms with van der Waals surface area (Å²) in [4.78, 5) is 36.5. The largest absolute Gasteiger partial charge is 0.422 e. The molecule has 7 nitrogen and oxygen atoms in total. The van der Waals surface area contributed by atoms with E-state index in [1.807, 2.05) is 23.7 Å². The molecule has 3 aromatic carbocycles. The molecule has 0 radical (unpaired) electrons. The van der Waals surface area contributed by atoms with Gasteiger partial charge in [-0.2, -0.15) is 18.3 Å². The highest BCUT2D eigenvalue weighted by Crippen LogP contribution is 2.33. The molecule has 35 heavy (non-hydrogen) atoms. The van der Waals surface area contributed by atoms with Gasteiger partial charge in [0.1, 0.15) is 5.75 Å². The van der Waals surface area contributed by atoms with Crippen LogP contribution < -0.4 is 15.5 Å². The van der Waals surface area contributed by atoms with Crippen LogP contribution in [0.4, 0.5) is 18.9 Å². The van der Waals surface area contributed by atoms with Gasteiger partial charge in [0.05, 0.1) is 28.1 Å². The molecule has 0 aliphatic rings. The Morgan fingerprint density at radius 2 is 1.71 bits per heavy atom. The van der Waals surface area contributed by atoms with E-state index in [4.69, 9.17) is 16.3 Å². The first kappa shape index (κ1) is 25.4. The average Bonchev–Trinajstić information content (AvgIpc) is 2.80. The number of amides is 2. The summed E-state index contributed by atoms with van der Waals surface area (Å²) in [6, 6.07) is 15.4. The second-order valence-electron chi connectivity index (χ2n) is 7.14. The third-order valence-corrected chi connectivity index (χ3v) is 4.82. The van der Waals surface area contributed by atoms with Crippen LogP contribution in [0.3, 0.4) is 0 Å².